The van der Waals surface area contributed by atoms with E-state index in [0.717, 1.165) is 11.5 Å². The van der Waals surface area contributed by atoms with Crippen molar-refractivity contribution in [2.45, 2.75) is 13.8 Å². The lowest BCUT2D eigenvalue weighted by Crippen LogP contribution is -1.99. The van der Waals surface area contributed by atoms with Crippen molar-refractivity contribution < 1.29 is 4.74 Å². The molecule has 2 aromatic rings. The normalized spacial score (nSPS) is 10.3. The molecule has 0 amide bonds. The smallest absolute Gasteiger partial charge is 0.336 e. The van der Waals surface area contributed by atoms with Crippen LogP contribution in [0.15, 0.2) is 30.3 Å². The molecule has 0 aliphatic rings. The van der Waals surface area contributed by atoms with Crippen molar-refractivity contribution in [3.8, 4) is 11.7 Å². The summed E-state index contributed by atoms with van der Waals surface area (Å²) in [6, 6.07) is 10.3. The van der Waals surface area contributed by atoms with Gasteiger partial charge in [0, 0.05) is 0 Å². The Hall–Kier alpha value is -1.84. The third kappa shape index (κ3) is 1.98. The number of benzene rings is 1. The minimum Gasteiger partial charge on any atom is -0.463 e. The van der Waals surface area contributed by atoms with Gasteiger partial charge in [-0.05, 0) is 26.0 Å². The Morgan fingerprint density at radius 2 is 2.00 bits per heavy atom. The van der Waals surface area contributed by atoms with Crippen LogP contribution in [0.1, 0.15) is 12.7 Å². The molecule has 1 aromatic carbocycles. The summed E-state index contributed by atoms with van der Waals surface area (Å²) in [5.41, 5.74) is 0.994. The van der Waals surface area contributed by atoms with E-state index in [1.807, 2.05) is 44.2 Å². The monoisotopic (exact) mass is 203 g/mol. The van der Waals surface area contributed by atoms with E-state index in [1.54, 1.807) is 4.68 Å². The number of aryl methyl sites for hydroxylation is 1. The Balaban J connectivity index is 2.36. The summed E-state index contributed by atoms with van der Waals surface area (Å²) in [5.74, 6) is 0.824. The minimum absolute atomic E-state index is 0.429. The SMILES string of the molecule is CCOc1nc(C)n(-c2ccccc2)n1. The van der Waals surface area contributed by atoms with Crippen LogP contribution in [0.4, 0.5) is 0 Å². The maximum atomic E-state index is 5.25. The molecule has 0 bridgehead atoms. The third-order valence-electron chi connectivity index (χ3n) is 2.02. The average molecular weight is 203 g/mol. The van der Waals surface area contributed by atoms with Crippen molar-refractivity contribution in [1.82, 2.24) is 14.8 Å². The van der Waals surface area contributed by atoms with Crippen LogP contribution in [0.3, 0.4) is 0 Å². The Morgan fingerprint density at radius 1 is 1.27 bits per heavy atom. The Labute approximate surface area is 88.5 Å². The van der Waals surface area contributed by atoms with Gasteiger partial charge in [-0.2, -0.15) is 4.98 Å². The van der Waals surface area contributed by atoms with Gasteiger partial charge in [0.2, 0.25) is 0 Å². The van der Waals surface area contributed by atoms with Crippen LogP contribution in [-0.4, -0.2) is 21.4 Å². The minimum atomic E-state index is 0.429. The molecule has 0 atom stereocenters. The van der Waals surface area contributed by atoms with Crippen molar-refractivity contribution in [2.75, 3.05) is 6.61 Å². The molecule has 4 nitrogen and oxygen atoms in total. The van der Waals surface area contributed by atoms with Crippen LogP contribution in [0.2, 0.25) is 0 Å². The molecule has 0 aliphatic carbocycles. The first kappa shape index (κ1) is 9.71. The topological polar surface area (TPSA) is 39.9 Å². The van der Waals surface area contributed by atoms with Gasteiger partial charge in [0.25, 0.3) is 0 Å². The lowest BCUT2D eigenvalue weighted by molar-refractivity contribution is 0.312. The fraction of sp³-hybridized carbons (Fsp3) is 0.273. The van der Waals surface area contributed by atoms with Gasteiger partial charge in [-0.15, -0.1) is 5.10 Å². The van der Waals surface area contributed by atoms with Gasteiger partial charge in [0.15, 0.2) is 0 Å². The molecule has 0 spiro atoms. The maximum Gasteiger partial charge on any atom is 0.336 e. The van der Waals surface area contributed by atoms with Crippen molar-refractivity contribution in [2.24, 2.45) is 0 Å². The zero-order valence-electron chi connectivity index (χ0n) is 8.84. The van der Waals surface area contributed by atoms with Crippen LogP contribution in [0, 0.1) is 6.92 Å². The van der Waals surface area contributed by atoms with Gasteiger partial charge in [0.05, 0.1) is 12.3 Å². The predicted octanol–water partition coefficient (Wildman–Crippen LogP) is 1.97. The molecular formula is C11H13N3O. The van der Waals surface area contributed by atoms with Gasteiger partial charge < -0.3 is 4.74 Å². The largest absolute Gasteiger partial charge is 0.463 e. The second kappa shape index (κ2) is 4.13. The van der Waals surface area contributed by atoms with E-state index in [1.165, 1.54) is 0 Å². The second-order valence-corrected chi connectivity index (χ2v) is 3.12. The quantitative estimate of drug-likeness (QED) is 0.765. The van der Waals surface area contributed by atoms with Crippen LogP contribution < -0.4 is 4.74 Å². The summed E-state index contributed by atoms with van der Waals surface area (Å²) in [5, 5.41) is 4.25. The summed E-state index contributed by atoms with van der Waals surface area (Å²) in [4.78, 5) is 4.21. The Bertz CT molecular complexity index is 436. The van der Waals surface area contributed by atoms with Crippen molar-refractivity contribution in [3.63, 3.8) is 0 Å². The number of hydrogen-bond donors (Lipinski definition) is 0. The van der Waals surface area contributed by atoms with Gasteiger partial charge in [-0.25, -0.2) is 4.68 Å². The second-order valence-electron chi connectivity index (χ2n) is 3.12. The first-order valence-corrected chi connectivity index (χ1v) is 4.93. The lowest BCUT2D eigenvalue weighted by atomic mass is 10.3. The van der Waals surface area contributed by atoms with Crippen LogP contribution in [-0.2, 0) is 0 Å². The summed E-state index contributed by atoms with van der Waals surface area (Å²) in [6.07, 6.45) is 0. The molecular weight excluding hydrogens is 190 g/mol. The molecule has 0 fully saturated rings. The summed E-state index contributed by atoms with van der Waals surface area (Å²) in [7, 11) is 0. The highest BCUT2D eigenvalue weighted by Gasteiger charge is 2.07. The molecule has 0 saturated carbocycles. The number of aromatic nitrogens is 3. The van der Waals surface area contributed by atoms with Gasteiger partial charge in [-0.3, -0.25) is 0 Å². The van der Waals surface area contributed by atoms with Gasteiger partial charge in [0.1, 0.15) is 5.82 Å². The summed E-state index contributed by atoms with van der Waals surface area (Å²) in [6.45, 7) is 4.40. The molecule has 0 saturated heterocycles. The van der Waals surface area contributed by atoms with Gasteiger partial charge >= 0.3 is 6.01 Å². The van der Waals surface area contributed by atoms with E-state index in [4.69, 9.17) is 4.74 Å². The number of ether oxygens (including phenoxy) is 1. The van der Waals surface area contributed by atoms with E-state index in [0.29, 0.717) is 12.6 Å². The Morgan fingerprint density at radius 3 is 2.67 bits per heavy atom. The van der Waals surface area contributed by atoms with Crippen molar-refractivity contribution >= 4 is 0 Å². The molecule has 2 rings (SSSR count). The molecule has 1 heterocycles. The third-order valence-corrected chi connectivity index (χ3v) is 2.02. The van der Waals surface area contributed by atoms with E-state index < -0.39 is 0 Å². The van der Waals surface area contributed by atoms with Crippen molar-refractivity contribution in [1.29, 1.82) is 0 Å². The maximum absolute atomic E-state index is 5.25. The zero-order chi connectivity index (χ0) is 10.7. The predicted molar refractivity (Wildman–Crippen MR) is 57.3 cm³/mol. The molecule has 4 heteroatoms. The van der Waals surface area contributed by atoms with Crippen molar-refractivity contribution in [3.05, 3.63) is 36.2 Å². The summed E-state index contributed by atoms with van der Waals surface area (Å²) < 4.78 is 7.01. The fourth-order valence-corrected chi connectivity index (χ4v) is 1.37. The standard InChI is InChI=1S/C11H13N3O/c1-3-15-11-12-9(2)14(13-11)10-7-5-4-6-8-10/h4-8H,3H2,1-2H3. The first-order chi connectivity index (χ1) is 7.31. The highest BCUT2D eigenvalue weighted by atomic mass is 16.5. The van der Waals surface area contributed by atoms with E-state index in [9.17, 15) is 0 Å². The van der Waals surface area contributed by atoms with E-state index in [2.05, 4.69) is 10.1 Å². The molecule has 78 valence electrons. The van der Waals surface area contributed by atoms with Crippen LogP contribution in [0.25, 0.3) is 5.69 Å². The molecule has 0 unspecified atom stereocenters. The number of rotatable bonds is 3. The Kier molecular flexibility index (Phi) is 2.67. The van der Waals surface area contributed by atoms with E-state index in [-0.39, 0.29) is 0 Å². The van der Waals surface area contributed by atoms with E-state index >= 15 is 0 Å². The molecule has 0 radical (unpaired) electrons. The number of para-hydroxylation sites is 1. The summed E-state index contributed by atoms with van der Waals surface area (Å²) >= 11 is 0. The molecule has 0 aliphatic heterocycles. The molecule has 15 heavy (non-hydrogen) atoms. The molecule has 1 aromatic heterocycles. The molecule has 0 N–H and O–H groups in total. The highest BCUT2D eigenvalue weighted by molar-refractivity contribution is 5.31. The highest BCUT2D eigenvalue weighted by Crippen LogP contribution is 2.11. The fourth-order valence-electron chi connectivity index (χ4n) is 1.37. The van der Waals surface area contributed by atoms with Crippen LogP contribution >= 0.6 is 0 Å². The average Bonchev–Trinajstić information content (AvgIpc) is 2.61. The van der Waals surface area contributed by atoms with Gasteiger partial charge in [-0.1, -0.05) is 18.2 Å². The number of hydrogen-bond acceptors (Lipinski definition) is 3. The lowest BCUT2D eigenvalue weighted by Gasteiger charge is -2.00. The van der Waals surface area contributed by atoms with Crippen LogP contribution in [0.5, 0.6) is 6.01 Å². The zero-order valence-corrected chi connectivity index (χ0v) is 8.84. The first-order valence-electron chi connectivity index (χ1n) is 4.93. The number of nitrogens with zero attached hydrogens (tertiary/aromatic N) is 3.